The number of likely N-dealkylation sites (tertiary alicyclic amines) is 1. The van der Waals surface area contributed by atoms with Gasteiger partial charge in [0.15, 0.2) is 0 Å². The first-order chi connectivity index (χ1) is 12.6. The minimum atomic E-state index is -1.09. The minimum absolute atomic E-state index is 0.235. The highest BCUT2D eigenvalue weighted by Crippen LogP contribution is 2.25. The van der Waals surface area contributed by atoms with Crippen molar-refractivity contribution >= 4 is 11.9 Å². The van der Waals surface area contributed by atoms with Crippen molar-refractivity contribution in [2.45, 2.75) is 18.9 Å². The van der Waals surface area contributed by atoms with Gasteiger partial charge in [0.2, 0.25) is 6.10 Å². The Labute approximate surface area is 151 Å². The van der Waals surface area contributed by atoms with Gasteiger partial charge in [-0.25, -0.2) is 9.18 Å². The Morgan fingerprint density at radius 2 is 1.77 bits per heavy atom. The van der Waals surface area contributed by atoms with E-state index < -0.39 is 17.9 Å². The first kappa shape index (κ1) is 17.9. The van der Waals surface area contributed by atoms with E-state index in [0.29, 0.717) is 24.4 Å². The maximum Gasteiger partial charge on any atom is 0.342 e. The number of hydrogen-bond acceptors (Lipinski definition) is 4. The second kappa shape index (κ2) is 7.99. The Morgan fingerprint density at radius 1 is 1.08 bits per heavy atom. The fraction of sp³-hybridized carbons (Fsp3) is 0.300. The highest BCUT2D eigenvalue weighted by Gasteiger charge is 2.31. The summed E-state index contributed by atoms with van der Waals surface area (Å²) in [5, 5.41) is 0. The molecule has 1 atom stereocenters. The number of methoxy groups -OCH3 is 1. The molecule has 2 aromatic rings. The van der Waals surface area contributed by atoms with Crippen molar-refractivity contribution in [3.8, 4) is 5.75 Å². The van der Waals surface area contributed by atoms with Gasteiger partial charge in [0.1, 0.15) is 11.6 Å². The maximum absolute atomic E-state index is 14.2. The van der Waals surface area contributed by atoms with Crippen LogP contribution in [0.4, 0.5) is 4.39 Å². The van der Waals surface area contributed by atoms with Crippen LogP contribution in [-0.2, 0) is 9.53 Å². The van der Waals surface area contributed by atoms with Crippen LogP contribution in [0.2, 0.25) is 0 Å². The number of esters is 1. The molecule has 0 bridgehead atoms. The van der Waals surface area contributed by atoms with E-state index in [2.05, 4.69) is 0 Å². The van der Waals surface area contributed by atoms with Crippen LogP contribution in [-0.4, -0.2) is 37.0 Å². The average molecular weight is 357 g/mol. The molecule has 1 aliphatic heterocycles. The molecule has 0 spiro atoms. The lowest BCUT2D eigenvalue weighted by atomic mass is 10.1. The van der Waals surface area contributed by atoms with Gasteiger partial charge in [0.05, 0.1) is 12.7 Å². The standard InChI is InChI=1S/C20H20FNO4/c1-25-15-9-10-16(17(21)13-15)20(24)26-18(14-7-3-2-4-8-14)19(23)22-11-5-6-12-22/h2-4,7-10,13,18H,5-6,11-12H2,1H3/t18-/m0/s1. The van der Waals surface area contributed by atoms with Gasteiger partial charge in [-0.3, -0.25) is 4.79 Å². The fourth-order valence-electron chi connectivity index (χ4n) is 2.95. The van der Waals surface area contributed by atoms with Gasteiger partial charge in [-0.2, -0.15) is 0 Å². The molecule has 0 saturated carbocycles. The van der Waals surface area contributed by atoms with Crippen LogP contribution in [0, 0.1) is 5.82 Å². The normalized spacial score (nSPS) is 14.8. The van der Waals surface area contributed by atoms with Gasteiger partial charge in [0, 0.05) is 24.7 Å². The second-order valence-electron chi connectivity index (χ2n) is 6.07. The number of rotatable bonds is 5. The van der Waals surface area contributed by atoms with Crippen LogP contribution in [0.3, 0.4) is 0 Å². The van der Waals surface area contributed by atoms with Crippen molar-refractivity contribution in [1.82, 2.24) is 4.90 Å². The molecule has 1 amide bonds. The molecule has 26 heavy (non-hydrogen) atoms. The number of nitrogens with zero attached hydrogens (tertiary/aromatic N) is 1. The molecule has 1 aliphatic rings. The topological polar surface area (TPSA) is 55.8 Å². The lowest BCUT2D eigenvalue weighted by Gasteiger charge is -2.23. The predicted molar refractivity (Wildman–Crippen MR) is 93.4 cm³/mol. The molecule has 0 radical (unpaired) electrons. The molecule has 136 valence electrons. The van der Waals surface area contributed by atoms with E-state index in [1.54, 1.807) is 29.2 Å². The molecule has 2 aromatic carbocycles. The summed E-state index contributed by atoms with van der Waals surface area (Å²) in [5.74, 6) is -1.62. The van der Waals surface area contributed by atoms with Gasteiger partial charge in [-0.15, -0.1) is 0 Å². The third-order valence-corrected chi connectivity index (χ3v) is 4.37. The number of halogens is 1. The predicted octanol–water partition coefficient (Wildman–Crippen LogP) is 3.35. The smallest absolute Gasteiger partial charge is 0.342 e. The van der Waals surface area contributed by atoms with Gasteiger partial charge < -0.3 is 14.4 Å². The van der Waals surface area contributed by atoms with Crippen LogP contribution in [0.1, 0.15) is 34.9 Å². The van der Waals surface area contributed by atoms with E-state index in [1.807, 2.05) is 6.07 Å². The summed E-state index contributed by atoms with van der Waals surface area (Å²) in [5.41, 5.74) is 0.327. The zero-order valence-corrected chi connectivity index (χ0v) is 14.5. The van der Waals surface area contributed by atoms with E-state index in [4.69, 9.17) is 9.47 Å². The SMILES string of the molecule is COc1ccc(C(=O)O[C@H](C(=O)N2CCCC2)c2ccccc2)c(F)c1. The Hall–Kier alpha value is -2.89. The molecule has 0 N–H and O–H groups in total. The van der Waals surface area contributed by atoms with E-state index in [1.165, 1.54) is 19.2 Å². The van der Waals surface area contributed by atoms with Gasteiger partial charge in [-0.1, -0.05) is 30.3 Å². The first-order valence-corrected chi connectivity index (χ1v) is 8.48. The van der Waals surface area contributed by atoms with Crippen molar-refractivity contribution < 1.29 is 23.5 Å². The number of benzene rings is 2. The molecule has 0 aliphatic carbocycles. The second-order valence-corrected chi connectivity index (χ2v) is 6.07. The summed E-state index contributed by atoms with van der Waals surface area (Å²) in [6.07, 6.45) is 0.756. The molecule has 1 fully saturated rings. The third-order valence-electron chi connectivity index (χ3n) is 4.37. The van der Waals surface area contributed by atoms with Crippen LogP contribution >= 0.6 is 0 Å². The minimum Gasteiger partial charge on any atom is -0.497 e. The van der Waals surface area contributed by atoms with Crippen molar-refractivity contribution in [3.63, 3.8) is 0 Å². The molecule has 6 heteroatoms. The molecule has 1 heterocycles. The van der Waals surface area contributed by atoms with E-state index in [0.717, 1.165) is 18.9 Å². The highest BCUT2D eigenvalue weighted by atomic mass is 19.1. The zero-order valence-electron chi connectivity index (χ0n) is 14.5. The third kappa shape index (κ3) is 3.85. The lowest BCUT2D eigenvalue weighted by molar-refractivity contribution is -0.140. The summed E-state index contributed by atoms with van der Waals surface area (Å²) < 4.78 is 24.5. The van der Waals surface area contributed by atoms with Crippen molar-refractivity contribution in [2.24, 2.45) is 0 Å². The average Bonchev–Trinajstić information content (AvgIpc) is 3.20. The lowest BCUT2D eigenvalue weighted by Crippen LogP contribution is -2.35. The highest BCUT2D eigenvalue weighted by molar-refractivity contribution is 5.93. The Kier molecular flexibility index (Phi) is 5.51. The van der Waals surface area contributed by atoms with Gasteiger partial charge >= 0.3 is 5.97 Å². The van der Waals surface area contributed by atoms with E-state index in [-0.39, 0.29) is 11.5 Å². The summed E-state index contributed by atoms with van der Waals surface area (Å²) in [6.45, 7) is 1.27. The summed E-state index contributed by atoms with van der Waals surface area (Å²) in [6, 6.07) is 12.6. The van der Waals surface area contributed by atoms with Gasteiger partial charge in [-0.05, 0) is 25.0 Å². The maximum atomic E-state index is 14.2. The summed E-state index contributed by atoms with van der Waals surface area (Å²) in [7, 11) is 1.41. The van der Waals surface area contributed by atoms with Crippen LogP contribution in [0.15, 0.2) is 48.5 Å². The summed E-state index contributed by atoms with van der Waals surface area (Å²) in [4.78, 5) is 27.0. The number of amides is 1. The van der Waals surface area contributed by atoms with Gasteiger partial charge in [0.25, 0.3) is 5.91 Å². The number of carbonyl (C=O) groups excluding carboxylic acids is 2. The number of carbonyl (C=O) groups is 2. The number of ether oxygens (including phenoxy) is 2. The van der Waals surface area contributed by atoms with Crippen molar-refractivity contribution in [3.05, 3.63) is 65.5 Å². The van der Waals surface area contributed by atoms with Crippen LogP contribution in [0.25, 0.3) is 0 Å². The van der Waals surface area contributed by atoms with Crippen molar-refractivity contribution in [1.29, 1.82) is 0 Å². The van der Waals surface area contributed by atoms with Crippen LogP contribution in [0.5, 0.6) is 5.75 Å². The molecular weight excluding hydrogens is 337 g/mol. The molecule has 0 unspecified atom stereocenters. The largest absolute Gasteiger partial charge is 0.497 e. The Bertz CT molecular complexity index is 788. The zero-order chi connectivity index (χ0) is 18.5. The number of hydrogen-bond donors (Lipinski definition) is 0. The molecule has 3 rings (SSSR count). The van der Waals surface area contributed by atoms with E-state index >= 15 is 0 Å². The molecule has 1 saturated heterocycles. The Balaban J connectivity index is 1.85. The Morgan fingerprint density at radius 3 is 2.38 bits per heavy atom. The molecule has 0 aromatic heterocycles. The quantitative estimate of drug-likeness (QED) is 0.770. The van der Waals surface area contributed by atoms with Crippen LogP contribution < -0.4 is 4.74 Å². The van der Waals surface area contributed by atoms with E-state index in [9.17, 15) is 14.0 Å². The van der Waals surface area contributed by atoms with Crippen molar-refractivity contribution in [2.75, 3.05) is 20.2 Å². The molecular formula is C20H20FNO4. The monoisotopic (exact) mass is 357 g/mol. The molecule has 5 nitrogen and oxygen atoms in total. The fourth-order valence-corrected chi connectivity index (χ4v) is 2.95. The summed E-state index contributed by atoms with van der Waals surface area (Å²) >= 11 is 0. The first-order valence-electron chi connectivity index (χ1n) is 8.48.